The zero-order valence-corrected chi connectivity index (χ0v) is 7.16. The molecule has 2 heteroatoms. The summed E-state index contributed by atoms with van der Waals surface area (Å²) in [6.07, 6.45) is 5.50. The zero-order chi connectivity index (χ0) is 7.03. The molecular weight excluding hydrogens is 142 g/mol. The summed E-state index contributed by atoms with van der Waals surface area (Å²) in [4.78, 5) is 0. The van der Waals surface area contributed by atoms with E-state index in [9.17, 15) is 0 Å². The van der Waals surface area contributed by atoms with Crippen molar-refractivity contribution in [3.05, 3.63) is 0 Å². The first kappa shape index (κ1) is 6.99. The van der Waals surface area contributed by atoms with Crippen LogP contribution < -0.4 is 5.32 Å². The SMILES string of the molecule is SC1CCC2(CC1)CNC2. The summed E-state index contributed by atoms with van der Waals surface area (Å²) in [6, 6.07) is 0. The van der Waals surface area contributed by atoms with Gasteiger partial charge >= 0.3 is 0 Å². The lowest BCUT2D eigenvalue weighted by molar-refractivity contribution is 0.109. The molecule has 1 saturated heterocycles. The molecule has 0 bridgehead atoms. The van der Waals surface area contributed by atoms with Gasteiger partial charge in [0.1, 0.15) is 0 Å². The van der Waals surface area contributed by atoms with Crippen molar-refractivity contribution in [3.63, 3.8) is 0 Å². The van der Waals surface area contributed by atoms with Gasteiger partial charge in [-0.15, -0.1) is 0 Å². The minimum Gasteiger partial charge on any atom is -0.316 e. The highest BCUT2D eigenvalue weighted by atomic mass is 32.1. The predicted octanol–water partition coefficient (Wildman–Crippen LogP) is 1.45. The summed E-state index contributed by atoms with van der Waals surface area (Å²) >= 11 is 4.48. The molecule has 58 valence electrons. The third kappa shape index (κ3) is 1.08. The van der Waals surface area contributed by atoms with E-state index in [4.69, 9.17) is 0 Å². The molecule has 2 rings (SSSR count). The molecule has 1 heterocycles. The van der Waals surface area contributed by atoms with Crippen molar-refractivity contribution in [2.45, 2.75) is 30.9 Å². The Labute approximate surface area is 68.0 Å². The summed E-state index contributed by atoms with van der Waals surface area (Å²) < 4.78 is 0. The van der Waals surface area contributed by atoms with Gasteiger partial charge in [-0.05, 0) is 31.1 Å². The Morgan fingerprint density at radius 3 is 2.20 bits per heavy atom. The Morgan fingerprint density at radius 1 is 1.20 bits per heavy atom. The van der Waals surface area contributed by atoms with E-state index < -0.39 is 0 Å². The van der Waals surface area contributed by atoms with E-state index in [2.05, 4.69) is 17.9 Å². The van der Waals surface area contributed by atoms with E-state index in [0.717, 1.165) is 5.41 Å². The average Bonchev–Trinajstić information content (AvgIpc) is 1.86. The molecular formula is C8H15NS. The molecule has 1 saturated carbocycles. The molecule has 10 heavy (non-hydrogen) atoms. The van der Waals surface area contributed by atoms with Crippen LogP contribution in [0.15, 0.2) is 0 Å². The van der Waals surface area contributed by atoms with Crippen molar-refractivity contribution in [3.8, 4) is 0 Å². The minimum absolute atomic E-state index is 0.700. The van der Waals surface area contributed by atoms with Gasteiger partial charge in [-0.1, -0.05) is 0 Å². The second kappa shape index (κ2) is 2.42. The van der Waals surface area contributed by atoms with Gasteiger partial charge < -0.3 is 5.32 Å². The topological polar surface area (TPSA) is 12.0 Å². The summed E-state index contributed by atoms with van der Waals surface area (Å²) in [7, 11) is 0. The first-order valence-corrected chi connectivity index (χ1v) is 4.71. The molecule has 2 fully saturated rings. The van der Waals surface area contributed by atoms with E-state index in [1.165, 1.54) is 38.8 Å². The van der Waals surface area contributed by atoms with Crippen LogP contribution in [0.2, 0.25) is 0 Å². The van der Waals surface area contributed by atoms with Crippen molar-refractivity contribution < 1.29 is 0 Å². The molecule has 0 radical (unpaired) electrons. The Hall–Kier alpha value is 0.310. The Kier molecular flexibility index (Phi) is 1.69. The molecule has 1 nitrogen and oxygen atoms in total. The molecule has 2 aliphatic rings. The lowest BCUT2D eigenvalue weighted by Crippen LogP contribution is -2.54. The van der Waals surface area contributed by atoms with Crippen LogP contribution in [0.4, 0.5) is 0 Å². The van der Waals surface area contributed by atoms with Gasteiger partial charge in [-0.25, -0.2) is 0 Å². The summed E-state index contributed by atoms with van der Waals surface area (Å²) in [5.41, 5.74) is 0.721. The standard InChI is InChI=1S/C8H15NS/c10-7-1-3-8(4-2-7)5-9-6-8/h7,9-10H,1-6H2. The van der Waals surface area contributed by atoms with Gasteiger partial charge in [0.05, 0.1) is 0 Å². The lowest BCUT2D eigenvalue weighted by atomic mass is 9.70. The van der Waals surface area contributed by atoms with Crippen molar-refractivity contribution in [2.24, 2.45) is 5.41 Å². The van der Waals surface area contributed by atoms with Gasteiger partial charge in [-0.3, -0.25) is 0 Å². The van der Waals surface area contributed by atoms with Crippen LogP contribution in [0.1, 0.15) is 25.7 Å². The van der Waals surface area contributed by atoms with Crippen molar-refractivity contribution in [2.75, 3.05) is 13.1 Å². The van der Waals surface area contributed by atoms with Crippen LogP contribution >= 0.6 is 12.6 Å². The third-order valence-corrected chi connectivity index (χ3v) is 3.53. The molecule has 1 aliphatic carbocycles. The van der Waals surface area contributed by atoms with Gasteiger partial charge in [-0.2, -0.15) is 12.6 Å². The minimum atomic E-state index is 0.700. The maximum absolute atomic E-state index is 4.48. The largest absolute Gasteiger partial charge is 0.316 e. The molecule has 1 spiro atoms. The predicted molar refractivity (Wildman–Crippen MR) is 46.5 cm³/mol. The first-order chi connectivity index (χ1) is 4.81. The Morgan fingerprint density at radius 2 is 1.80 bits per heavy atom. The Balaban J connectivity index is 1.90. The number of hydrogen-bond acceptors (Lipinski definition) is 2. The van der Waals surface area contributed by atoms with Crippen molar-refractivity contribution in [1.29, 1.82) is 0 Å². The van der Waals surface area contributed by atoms with E-state index in [0.29, 0.717) is 5.25 Å². The summed E-state index contributed by atoms with van der Waals surface area (Å²) in [6.45, 7) is 2.54. The van der Waals surface area contributed by atoms with E-state index in [1.54, 1.807) is 0 Å². The fourth-order valence-corrected chi connectivity index (χ4v) is 2.31. The maximum Gasteiger partial charge on any atom is 0.00202 e. The smallest absolute Gasteiger partial charge is 0.00202 e. The molecule has 0 atom stereocenters. The molecule has 1 aliphatic heterocycles. The molecule has 0 aromatic carbocycles. The zero-order valence-electron chi connectivity index (χ0n) is 6.27. The molecule has 0 unspecified atom stereocenters. The van der Waals surface area contributed by atoms with Crippen LogP contribution in [0.5, 0.6) is 0 Å². The highest BCUT2D eigenvalue weighted by Gasteiger charge is 2.39. The van der Waals surface area contributed by atoms with Crippen molar-refractivity contribution >= 4 is 12.6 Å². The highest BCUT2D eigenvalue weighted by Crippen LogP contribution is 2.40. The second-order valence-corrected chi connectivity index (χ2v) is 4.57. The fourth-order valence-electron chi connectivity index (χ4n) is 2.05. The van der Waals surface area contributed by atoms with Crippen LogP contribution in [0.3, 0.4) is 0 Å². The van der Waals surface area contributed by atoms with E-state index in [-0.39, 0.29) is 0 Å². The van der Waals surface area contributed by atoms with Gasteiger partial charge in [0.25, 0.3) is 0 Å². The molecule has 0 amide bonds. The summed E-state index contributed by atoms with van der Waals surface area (Å²) in [5.74, 6) is 0. The Bertz CT molecular complexity index is 121. The van der Waals surface area contributed by atoms with Crippen LogP contribution in [-0.4, -0.2) is 18.3 Å². The second-order valence-electron chi connectivity index (χ2n) is 3.83. The van der Waals surface area contributed by atoms with Crippen molar-refractivity contribution in [1.82, 2.24) is 5.32 Å². The van der Waals surface area contributed by atoms with E-state index in [1.807, 2.05) is 0 Å². The van der Waals surface area contributed by atoms with Gasteiger partial charge in [0.2, 0.25) is 0 Å². The normalized spacial score (nSPS) is 32.1. The number of thiol groups is 1. The average molecular weight is 157 g/mol. The number of hydrogen-bond donors (Lipinski definition) is 2. The highest BCUT2D eigenvalue weighted by molar-refractivity contribution is 7.80. The number of nitrogens with one attached hydrogen (secondary N) is 1. The molecule has 0 aromatic heterocycles. The summed E-state index contributed by atoms with van der Waals surface area (Å²) in [5, 5.41) is 4.06. The fraction of sp³-hybridized carbons (Fsp3) is 1.00. The van der Waals surface area contributed by atoms with Crippen LogP contribution in [0.25, 0.3) is 0 Å². The van der Waals surface area contributed by atoms with E-state index >= 15 is 0 Å². The van der Waals surface area contributed by atoms with Crippen LogP contribution in [0, 0.1) is 5.41 Å². The number of rotatable bonds is 0. The first-order valence-electron chi connectivity index (χ1n) is 4.20. The van der Waals surface area contributed by atoms with Crippen LogP contribution in [-0.2, 0) is 0 Å². The third-order valence-electron chi connectivity index (χ3n) is 3.02. The maximum atomic E-state index is 4.48. The quantitative estimate of drug-likeness (QED) is 0.507. The monoisotopic (exact) mass is 157 g/mol. The van der Waals surface area contributed by atoms with Gasteiger partial charge in [0.15, 0.2) is 0 Å². The molecule has 1 N–H and O–H groups in total. The lowest BCUT2D eigenvalue weighted by Gasteiger charge is -2.46. The molecule has 0 aromatic rings. The van der Waals surface area contributed by atoms with Gasteiger partial charge in [0, 0.05) is 18.3 Å².